The molecule has 1 aliphatic rings. The molecule has 0 radical (unpaired) electrons. The van der Waals surface area contributed by atoms with Gasteiger partial charge in [-0.15, -0.1) is 11.3 Å². The first kappa shape index (κ1) is 16.0. The molecule has 0 unspecified atom stereocenters. The lowest BCUT2D eigenvalue weighted by Crippen LogP contribution is -2.25. The van der Waals surface area contributed by atoms with Crippen LogP contribution in [-0.2, 0) is 30.5 Å². The quantitative estimate of drug-likeness (QED) is 0.697. The highest BCUT2D eigenvalue weighted by molar-refractivity contribution is 7.11. The van der Waals surface area contributed by atoms with Crippen LogP contribution in [0.4, 0.5) is 0 Å². The highest BCUT2D eigenvalue weighted by Crippen LogP contribution is 2.27. The largest absolute Gasteiger partial charge is 0.461 e. The fraction of sp³-hybridized carbons (Fsp3) is 0.412. The fourth-order valence-corrected chi connectivity index (χ4v) is 3.99. The van der Waals surface area contributed by atoms with Gasteiger partial charge in [0.1, 0.15) is 0 Å². The third-order valence-corrected chi connectivity index (χ3v) is 5.29. The highest BCUT2D eigenvalue weighted by atomic mass is 32.1. The van der Waals surface area contributed by atoms with E-state index in [1.54, 1.807) is 29.7 Å². The molecule has 3 aromatic heterocycles. The minimum absolute atomic E-state index is 0.0261. The SMILES string of the molecule is O=C(CCc1nc(-c2ccco2)no1)NCCc1nc2c(s1)CCC2. The van der Waals surface area contributed by atoms with Gasteiger partial charge in [-0.25, -0.2) is 4.98 Å². The van der Waals surface area contributed by atoms with E-state index in [1.165, 1.54) is 17.0 Å². The number of thiazole rings is 1. The van der Waals surface area contributed by atoms with E-state index in [0.29, 0.717) is 36.9 Å². The van der Waals surface area contributed by atoms with Crippen molar-refractivity contribution < 1.29 is 13.7 Å². The van der Waals surface area contributed by atoms with Crippen molar-refractivity contribution in [2.75, 3.05) is 6.54 Å². The second kappa shape index (κ2) is 7.18. The summed E-state index contributed by atoms with van der Waals surface area (Å²) in [6.07, 6.45) is 6.54. The maximum absolute atomic E-state index is 11.9. The summed E-state index contributed by atoms with van der Waals surface area (Å²) < 4.78 is 10.3. The Labute approximate surface area is 148 Å². The molecule has 130 valence electrons. The standard InChI is InChI=1S/C17H18N4O3S/c22-14(18-9-8-16-19-11-3-1-5-13(11)25-16)6-7-15-20-17(21-24-15)12-4-2-10-23-12/h2,4,10H,1,3,5-9H2,(H,18,22). The molecular formula is C17H18N4O3S. The summed E-state index contributed by atoms with van der Waals surface area (Å²) in [4.78, 5) is 22.2. The maximum atomic E-state index is 11.9. The Bertz CT molecular complexity index is 832. The molecule has 1 N–H and O–H groups in total. The number of hydrogen-bond acceptors (Lipinski definition) is 7. The van der Waals surface area contributed by atoms with Crippen molar-refractivity contribution >= 4 is 17.2 Å². The molecule has 8 heteroatoms. The Morgan fingerprint density at radius 3 is 3.08 bits per heavy atom. The summed E-state index contributed by atoms with van der Waals surface area (Å²) in [6, 6.07) is 3.52. The summed E-state index contributed by atoms with van der Waals surface area (Å²) >= 11 is 1.78. The van der Waals surface area contributed by atoms with Crippen LogP contribution in [-0.4, -0.2) is 27.6 Å². The first-order valence-corrected chi connectivity index (χ1v) is 9.20. The van der Waals surface area contributed by atoms with Crippen LogP contribution in [0.2, 0.25) is 0 Å². The molecule has 4 rings (SSSR count). The molecule has 0 fully saturated rings. The lowest BCUT2D eigenvalue weighted by molar-refractivity contribution is -0.121. The molecule has 0 spiro atoms. The number of rotatable bonds is 7. The minimum Gasteiger partial charge on any atom is -0.461 e. The summed E-state index contributed by atoms with van der Waals surface area (Å²) in [5.41, 5.74) is 1.26. The number of aryl methyl sites for hydroxylation is 3. The van der Waals surface area contributed by atoms with Crippen LogP contribution in [0.3, 0.4) is 0 Å². The third-order valence-electron chi connectivity index (χ3n) is 4.08. The Balaban J connectivity index is 1.20. The summed E-state index contributed by atoms with van der Waals surface area (Å²) in [6.45, 7) is 0.604. The van der Waals surface area contributed by atoms with E-state index in [0.717, 1.165) is 24.3 Å². The van der Waals surface area contributed by atoms with Crippen LogP contribution in [0, 0.1) is 0 Å². The zero-order valence-corrected chi connectivity index (χ0v) is 14.5. The predicted molar refractivity (Wildman–Crippen MR) is 91.2 cm³/mol. The van der Waals surface area contributed by atoms with Crippen LogP contribution in [0.5, 0.6) is 0 Å². The number of amides is 1. The molecular weight excluding hydrogens is 340 g/mol. The third kappa shape index (κ3) is 3.79. The Morgan fingerprint density at radius 1 is 1.28 bits per heavy atom. The normalized spacial score (nSPS) is 13.1. The number of aromatic nitrogens is 3. The molecule has 0 bridgehead atoms. The van der Waals surface area contributed by atoms with Crippen molar-refractivity contribution in [1.82, 2.24) is 20.4 Å². The molecule has 0 aliphatic heterocycles. The fourth-order valence-electron chi connectivity index (χ4n) is 2.83. The van der Waals surface area contributed by atoms with Crippen molar-refractivity contribution in [2.24, 2.45) is 0 Å². The Kier molecular flexibility index (Phi) is 4.60. The van der Waals surface area contributed by atoms with Crippen LogP contribution >= 0.6 is 11.3 Å². The molecule has 1 aliphatic carbocycles. The van der Waals surface area contributed by atoms with Gasteiger partial charge in [-0.1, -0.05) is 5.16 Å². The van der Waals surface area contributed by atoms with Crippen LogP contribution < -0.4 is 5.32 Å². The summed E-state index contributed by atoms with van der Waals surface area (Å²) in [5, 5.41) is 7.88. The van der Waals surface area contributed by atoms with Gasteiger partial charge in [-0.3, -0.25) is 4.79 Å². The average molecular weight is 358 g/mol. The van der Waals surface area contributed by atoms with Crippen molar-refractivity contribution in [3.8, 4) is 11.6 Å². The zero-order valence-electron chi connectivity index (χ0n) is 13.7. The summed E-state index contributed by atoms with van der Waals surface area (Å²) in [7, 11) is 0. The van der Waals surface area contributed by atoms with Gasteiger partial charge >= 0.3 is 0 Å². The second-order valence-electron chi connectivity index (χ2n) is 5.92. The number of fused-ring (bicyclic) bond motifs is 1. The van der Waals surface area contributed by atoms with Gasteiger partial charge in [0.2, 0.25) is 17.6 Å². The molecule has 3 heterocycles. The zero-order chi connectivity index (χ0) is 17.1. The number of nitrogens with one attached hydrogen (secondary N) is 1. The Morgan fingerprint density at radius 2 is 2.24 bits per heavy atom. The topological polar surface area (TPSA) is 94.0 Å². The highest BCUT2D eigenvalue weighted by Gasteiger charge is 2.16. The van der Waals surface area contributed by atoms with Crippen molar-refractivity contribution in [1.29, 1.82) is 0 Å². The van der Waals surface area contributed by atoms with Crippen molar-refractivity contribution in [2.45, 2.75) is 38.5 Å². The molecule has 25 heavy (non-hydrogen) atoms. The molecule has 0 saturated heterocycles. The molecule has 1 amide bonds. The van der Waals surface area contributed by atoms with E-state index in [-0.39, 0.29) is 5.91 Å². The number of carbonyl (C=O) groups is 1. The molecule has 3 aromatic rings. The molecule has 0 atom stereocenters. The second-order valence-corrected chi connectivity index (χ2v) is 7.09. The first-order chi connectivity index (χ1) is 12.3. The van der Waals surface area contributed by atoms with E-state index in [2.05, 4.69) is 20.4 Å². The van der Waals surface area contributed by atoms with E-state index >= 15 is 0 Å². The lowest BCUT2D eigenvalue weighted by Gasteiger charge is -2.02. The number of hydrogen-bond donors (Lipinski definition) is 1. The van der Waals surface area contributed by atoms with E-state index < -0.39 is 0 Å². The van der Waals surface area contributed by atoms with Crippen LogP contribution in [0.15, 0.2) is 27.3 Å². The number of furan rings is 1. The van der Waals surface area contributed by atoms with Crippen LogP contribution in [0.1, 0.15) is 34.3 Å². The van der Waals surface area contributed by atoms with Gasteiger partial charge in [-0.2, -0.15) is 4.98 Å². The van der Waals surface area contributed by atoms with Gasteiger partial charge in [-0.05, 0) is 31.4 Å². The monoisotopic (exact) mass is 358 g/mol. The summed E-state index contributed by atoms with van der Waals surface area (Å²) in [5.74, 6) is 1.35. The smallest absolute Gasteiger partial charge is 0.238 e. The maximum Gasteiger partial charge on any atom is 0.238 e. The van der Waals surface area contributed by atoms with Crippen molar-refractivity contribution in [3.05, 3.63) is 39.9 Å². The van der Waals surface area contributed by atoms with Gasteiger partial charge in [0.15, 0.2) is 5.76 Å². The van der Waals surface area contributed by atoms with Crippen molar-refractivity contribution in [3.63, 3.8) is 0 Å². The number of nitrogens with zero attached hydrogens (tertiary/aromatic N) is 3. The molecule has 0 saturated carbocycles. The van der Waals surface area contributed by atoms with Gasteiger partial charge in [0, 0.05) is 30.7 Å². The van der Waals surface area contributed by atoms with Gasteiger partial charge in [0.25, 0.3) is 0 Å². The van der Waals surface area contributed by atoms with Crippen LogP contribution in [0.25, 0.3) is 11.6 Å². The number of carbonyl (C=O) groups excluding carboxylic acids is 1. The van der Waals surface area contributed by atoms with Gasteiger partial charge < -0.3 is 14.3 Å². The lowest BCUT2D eigenvalue weighted by atomic mass is 10.3. The van der Waals surface area contributed by atoms with E-state index in [4.69, 9.17) is 8.94 Å². The van der Waals surface area contributed by atoms with E-state index in [1.807, 2.05) is 0 Å². The Hall–Kier alpha value is -2.48. The molecule has 7 nitrogen and oxygen atoms in total. The average Bonchev–Trinajstić information content (AvgIpc) is 3.35. The molecule has 0 aromatic carbocycles. The van der Waals surface area contributed by atoms with Gasteiger partial charge in [0.05, 0.1) is 17.0 Å². The van der Waals surface area contributed by atoms with E-state index in [9.17, 15) is 4.79 Å². The minimum atomic E-state index is -0.0261. The predicted octanol–water partition coefficient (Wildman–Crippen LogP) is 2.57. The first-order valence-electron chi connectivity index (χ1n) is 8.38.